The largest absolute Gasteiger partial charge is 0.492 e. The van der Waals surface area contributed by atoms with Crippen molar-refractivity contribution in [1.82, 2.24) is 9.21 Å². The van der Waals surface area contributed by atoms with Gasteiger partial charge in [0.15, 0.2) is 0 Å². The van der Waals surface area contributed by atoms with Gasteiger partial charge >= 0.3 is 0 Å². The smallest absolute Gasteiger partial charge is 0.211 e. The van der Waals surface area contributed by atoms with Crippen LogP contribution in [0.15, 0.2) is 24.3 Å². The molecule has 2 bridgehead atoms. The van der Waals surface area contributed by atoms with E-state index in [1.807, 2.05) is 0 Å². The van der Waals surface area contributed by atoms with Crippen LogP contribution in [0.4, 0.5) is 4.39 Å². The highest BCUT2D eigenvalue weighted by molar-refractivity contribution is 7.88. The second kappa shape index (κ2) is 6.75. The fourth-order valence-electron chi connectivity index (χ4n) is 3.49. The predicted molar refractivity (Wildman–Crippen MR) is 86.4 cm³/mol. The lowest BCUT2D eigenvalue weighted by molar-refractivity contribution is 0.111. The van der Waals surface area contributed by atoms with Crippen LogP contribution in [0.5, 0.6) is 5.75 Å². The third-order valence-corrected chi connectivity index (χ3v) is 5.96. The zero-order valence-electron chi connectivity index (χ0n) is 13.3. The van der Waals surface area contributed by atoms with Gasteiger partial charge in [-0.05, 0) is 43.0 Å². The number of fused-ring (bicyclic) bond motifs is 4. The lowest BCUT2D eigenvalue weighted by Crippen LogP contribution is -2.46. The molecule has 5 nitrogen and oxygen atoms in total. The molecule has 1 aromatic rings. The van der Waals surface area contributed by atoms with Crippen molar-refractivity contribution in [3.05, 3.63) is 30.1 Å². The number of halogens is 1. The van der Waals surface area contributed by atoms with Crippen molar-refractivity contribution >= 4 is 10.0 Å². The molecule has 3 saturated heterocycles. The highest BCUT2D eigenvalue weighted by atomic mass is 32.2. The molecule has 1 aromatic carbocycles. The molecular weight excluding hydrogens is 319 g/mol. The van der Waals surface area contributed by atoms with E-state index < -0.39 is 10.0 Å². The minimum atomic E-state index is -3.13. The minimum Gasteiger partial charge on any atom is -0.492 e. The van der Waals surface area contributed by atoms with E-state index in [1.165, 1.54) is 18.4 Å². The van der Waals surface area contributed by atoms with Gasteiger partial charge in [0.05, 0.1) is 6.26 Å². The number of ether oxygens (including phenoxy) is 1. The van der Waals surface area contributed by atoms with E-state index in [4.69, 9.17) is 4.74 Å². The van der Waals surface area contributed by atoms with Crippen LogP contribution >= 0.6 is 0 Å². The van der Waals surface area contributed by atoms with Crippen LogP contribution in [-0.4, -0.2) is 62.7 Å². The Kier molecular flexibility index (Phi) is 4.89. The molecule has 0 radical (unpaired) electrons. The molecule has 2 atom stereocenters. The van der Waals surface area contributed by atoms with Gasteiger partial charge in [-0.2, -0.15) is 0 Å². The summed E-state index contributed by atoms with van der Waals surface area (Å²) in [4.78, 5) is 2.34. The van der Waals surface area contributed by atoms with Gasteiger partial charge in [0.25, 0.3) is 0 Å². The maximum Gasteiger partial charge on any atom is 0.211 e. The summed E-state index contributed by atoms with van der Waals surface area (Å²) in [5.41, 5.74) is 0. The Morgan fingerprint density at radius 2 is 1.91 bits per heavy atom. The van der Waals surface area contributed by atoms with Crippen LogP contribution in [-0.2, 0) is 10.0 Å². The fourth-order valence-corrected chi connectivity index (χ4v) is 4.42. The van der Waals surface area contributed by atoms with Crippen LogP contribution < -0.4 is 4.74 Å². The minimum absolute atomic E-state index is 0.264. The van der Waals surface area contributed by atoms with Gasteiger partial charge in [-0.15, -0.1) is 0 Å². The molecule has 7 heteroatoms. The predicted octanol–water partition coefficient (Wildman–Crippen LogP) is 1.56. The average molecular weight is 342 g/mol. The molecule has 128 valence electrons. The van der Waals surface area contributed by atoms with Crippen molar-refractivity contribution in [1.29, 1.82) is 0 Å². The number of hydrogen-bond donors (Lipinski definition) is 0. The molecule has 3 aliphatic rings. The van der Waals surface area contributed by atoms with Crippen LogP contribution in [0.3, 0.4) is 0 Å². The van der Waals surface area contributed by atoms with E-state index in [9.17, 15) is 12.8 Å². The van der Waals surface area contributed by atoms with Crippen molar-refractivity contribution in [2.75, 3.05) is 39.0 Å². The maximum atomic E-state index is 12.9. The maximum absolute atomic E-state index is 12.9. The third-order valence-electron chi connectivity index (χ3n) is 4.72. The summed E-state index contributed by atoms with van der Waals surface area (Å²) in [6.45, 7) is 3.41. The summed E-state index contributed by atoms with van der Waals surface area (Å²) in [6, 6.07) is 6.27. The quantitative estimate of drug-likeness (QED) is 0.815. The Balaban J connectivity index is 1.56. The van der Waals surface area contributed by atoms with Crippen LogP contribution in [0.25, 0.3) is 0 Å². The molecular formula is C16H23FN2O3S. The summed E-state index contributed by atoms with van der Waals surface area (Å²) in [7, 11) is -3.13. The Bertz CT molecular complexity index is 635. The number of sulfonamides is 1. The van der Waals surface area contributed by atoms with Gasteiger partial charge < -0.3 is 4.74 Å². The Labute approximate surface area is 137 Å². The molecule has 23 heavy (non-hydrogen) atoms. The molecule has 0 aromatic heterocycles. The molecule has 0 spiro atoms. The molecule has 3 heterocycles. The fraction of sp³-hybridized carbons (Fsp3) is 0.625. The van der Waals surface area contributed by atoms with E-state index in [0.717, 1.165) is 25.9 Å². The SMILES string of the molecule is CS(=O)(=O)N1C[C@H]2CC[C@@H](C1)N(CCOc1ccc(F)cc1)C2. The van der Waals surface area contributed by atoms with Gasteiger partial charge in [-0.25, -0.2) is 17.1 Å². The normalized spacial score (nSPS) is 26.2. The number of rotatable bonds is 5. The molecule has 0 saturated carbocycles. The topological polar surface area (TPSA) is 49.9 Å². The van der Waals surface area contributed by atoms with E-state index in [1.54, 1.807) is 16.4 Å². The first kappa shape index (κ1) is 16.7. The second-order valence-electron chi connectivity index (χ2n) is 6.47. The molecule has 0 amide bonds. The highest BCUT2D eigenvalue weighted by Crippen LogP contribution is 2.28. The third kappa shape index (κ3) is 4.22. The first-order valence-corrected chi connectivity index (χ1v) is 9.84. The monoisotopic (exact) mass is 342 g/mol. The van der Waals surface area contributed by atoms with Gasteiger partial charge in [0, 0.05) is 32.2 Å². The van der Waals surface area contributed by atoms with Gasteiger partial charge in [0.1, 0.15) is 18.2 Å². The van der Waals surface area contributed by atoms with Crippen LogP contribution in [0.2, 0.25) is 0 Å². The average Bonchev–Trinajstić information content (AvgIpc) is 2.81. The van der Waals surface area contributed by atoms with E-state index in [0.29, 0.717) is 31.4 Å². The Morgan fingerprint density at radius 3 is 2.61 bits per heavy atom. The van der Waals surface area contributed by atoms with Crippen LogP contribution in [0, 0.1) is 11.7 Å². The van der Waals surface area contributed by atoms with Crippen molar-refractivity contribution in [3.8, 4) is 5.75 Å². The Hall–Kier alpha value is -1.18. The second-order valence-corrected chi connectivity index (χ2v) is 8.46. The van der Waals surface area contributed by atoms with Crippen molar-refractivity contribution in [3.63, 3.8) is 0 Å². The molecule has 3 aliphatic heterocycles. The zero-order chi connectivity index (χ0) is 16.4. The molecule has 0 N–H and O–H groups in total. The number of benzene rings is 1. The summed E-state index contributed by atoms with van der Waals surface area (Å²) < 4.78 is 43.8. The number of piperidine rings is 1. The standard InChI is InChI=1S/C16H23FN2O3S/c1-23(20,21)19-11-13-2-5-15(12-19)18(10-13)8-9-22-16-6-3-14(17)4-7-16/h3-4,6-7,13,15H,2,5,8-12H2,1H3/t13-,15-/m0/s1. The summed E-state index contributed by atoms with van der Waals surface area (Å²) >= 11 is 0. The molecule has 0 unspecified atom stereocenters. The zero-order valence-corrected chi connectivity index (χ0v) is 14.1. The number of hydrogen-bond acceptors (Lipinski definition) is 4. The van der Waals surface area contributed by atoms with Gasteiger partial charge in [0.2, 0.25) is 10.0 Å². The lowest BCUT2D eigenvalue weighted by Gasteiger charge is -2.35. The van der Waals surface area contributed by atoms with E-state index in [2.05, 4.69) is 4.90 Å². The summed E-state index contributed by atoms with van der Waals surface area (Å²) in [5, 5.41) is 0. The van der Waals surface area contributed by atoms with E-state index in [-0.39, 0.29) is 11.9 Å². The molecule has 4 rings (SSSR count). The molecule has 3 fully saturated rings. The summed E-state index contributed by atoms with van der Waals surface area (Å²) in [5.74, 6) is 0.779. The highest BCUT2D eigenvalue weighted by Gasteiger charge is 2.37. The number of nitrogens with zero attached hydrogens (tertiary/aromatic N) is 2. The first-order valence-electron chi connectivity index (χ1n) is 7.99. The Morgan fingerprint density at radius 1 is 1.17 bits per heavy atom. The first-order chi connectivity index (χ1) is 10.9. The van der Waals surface area contributed by atoms with Crippen molar-refractivity contribution in [2.24, 2.45) is 5.92 Å². The van der Waals surface area contributed by atoms with Gasteiger partial charge in [-0.3, -0.25) is 4.90 Å². The summed E-state index contributed by atoms with van der Waals surface area (Å²) in [6.07, 6.45) is 3.42. The van der Waals surface area contributed by atoms with Crippen LogP contribution in [0.1, 0.15) is 12.8 Å². The lowest BCUT2D eigenvalue weighted by atomic mass is 9.95. The van der Waals surface area contributed by atoms with Gasteiger partial charge in [-0.1, -0.05) is 0 Å². The van der Waals surface area contributed by atoms with Crippen molar-refractivity contribution < 1.29 is 17.5 Å². The molecule has 0 aliphatic carbocycles. The van der Waals surface area contributed by atoms with E-state index >= 15 is 0 Å². The van der Waals surface area contributed by atoms with Crippen molar-refractivity contribution in [2.45, 2.75) is 18.9 Å².